The monoisotopic (exact) mass is 399 g/mol. The zero-order valence-corrected chi connectivity index (χ0v) is 14.2. The molecule has 0 spiro atoms. The topological polar surface area (TPSA) is 85.1 Å². The Balaban J connectivity index is 1.98. The fourth-order valence-electron chi connectivity index (χ4n) is 2.38. The predicted molar refractivity (Wildman–Crippen MR) is 90.4 cm³/mol. The van der Waals surface area contributed by atoms with Gasteiger partial charge in [0.2, 0.25) is 0 Å². The van der Waals surface area contributed by atoms with Gasteiger partial charge in [-0.2, -0.15) is 13.2 Å². The molecule has 0 aliphatic carbocycles. The molecule has 0 saturated carbocycles. The number of amides is 1. The van der Waals surface area contributed by atoms with Crippen molar-refractivity contribution in [3.05, 3.63) is 62.4 Å². The number of nitro groups is 1. The number of benzene rings is 1. The molecular weight excluding hydrogens is 390 g/mol. The van der Waals surface area contributed by atoms with Gasteiger partial charge in [0.25, 0.3) is 11.6 Å². The van der Waals surface area contributed by atoms with Crippen molar-refractivity contribution in [1.29, 1.82) is 0 Å². The van der Waals surface area contributed by atoms with Crippen LogP contribution in [0.15, 0.2) is 30.3 Å². The number of carbonyl (C=O) groups excluding carboxylic acids is 1. The van der Waals surface area contributed by atoms with Crippen LogP contribution >= 0.6 is 11.3 Å². The lowest BCUT2D eigenvalue weighted by atomic mass is 10.1. The summed E-state index contributed by atoms with van der Waals surface area (Å²) in [6.07, 6.45) is -4.62. The maximum atomic E-state index is 13.8. The molecule has 0 fully saturated rings. The van der Waals surface area contributed by atoms with Crippen LogP contribution in [0.1, 0.15) is 20.9 Å². The van der Waals surface area contributed by atoms with Gasteiger partial charge in [0, 0.05) is 17.5 Å². The van der Waals surface area contributed by atoms with Crippen LogP contribution in [0, 0.1) is 22.9 Å². The lowest BCUT2D eigenvalue weighted by Gasteiger charge is -2.05. The average molecular weight is 399 g/mol. The van der Waals surface area contributed by atoms with Crippen molar-refractivity contribution in [2.75, 3.05) is 5.32 Å². The van der Waals surface area contributed by atoms with Crippen molar-refractivity contribution < 1.29 is 27.3 Å². The number of rotatable bonds is 3. The Morgan fingerprint density at radius 1 is 1.26 bits per heavy atom. The summed E-state index contributed by atoms with van der Waals surface area (Å²) >= 11 is 0.718. The molecule has 3 rings (SSSR count). The van der Waals surface area contributed by atoms with Gasteiger partial charge in [-0.05, 0) is 30.7 Å². The van der Waals surface area contributed by atoms with E-state index in [1.807, 2.05) is 0 Å². The summed E-state index contributed by atoms with van der Waals surface area (Å²) < 4.78 is 52.2. The van der Waals surface area contributed by atoms with Crippen molar-refractivity contribution in [3.8, 4) is 0 Å². The Hall–Kier alpha value is -3.08. The van der Waals surface area contributed by atoms with Gasteiger partial charge in [-0.1, -0.05) is 0 Å². The molecule has 0 unspecified atom stereocenters. The number of nitrogens with one attached hydrogen (secondary N) is 1. The van der Waals surface area contributed by atoms with E-state index < -0.39 is 39.9 Å². The summed E-state index contributed by atoms with van der Waals surface area (Å²) in [4.78, 5) is 26.0. The summed E-state index contributed by atoms with van der Waals surface area (Å²) in [5.41, 5.74) is -1.54. The standard InChI is InChI=1S/C16H9F4N3O3S/c1-7-9-3-5-12(16(18,19)20)22-15(9)27-13(7)14(24)21-11-6-8(23(25)26)2-4-10(11)17/h2-6H,1H3,(H,21,24). The first kappa shape index (κ1) is 18.7. The number of anilines is 1. The van der Waals surface area contributed by atoms with Gasteiger partial charge in [0.1, 0.15) is 16.3 Å². The molecule has 11 heteroatoms. The van der Waals surface area contributed by atoms with Gasteiger partial charge in [-0.25, -0.2) is 9.37 Å². The first-order valence-electron chi connectivity index (χ1n) is 7.30. The van der Waals surface area contributed by atoms with E-state index in [1.165, 1.54) is 13.0 Å². The van der Waals surface area contributed by atoms with Gasteiger partial charge in [-0.3, -0.25) is 14.9 Å². The normalized spacial score (nSPS) is 11.6. The molecule has 140 valence electrons. The molecule has 3 aromatic rings. The molecular formula is C16H9F4N3O3S. The number of fused-ring (bicyclic) bond motifs is 1. The molecule has 2 aromatic heterocycles. The number of halogens is 4. The van der Waals surface area contributed by atoms with Crippen LogP contribution in [0.4, 0.5) is 28.9 Å². The average Bonchev–Trinajstić information content (AvgIpc) is 2.92. The van der Waals surface area contributed by atoms with Crippen LogP contribution in [-0.4, -0.2) is 15.8 Å². The summed E-state index contributed by atoms with van der Waals surface area (Å²) in [7, 11) is 0. The third kappa shape index (κ3) is 3.58. The lowest BCUT2D eigenvalue weighted by molar-refractivity contribution is -0.384. The zero-order valence-electron chi connectivity index (χ0n) is 13.4. The molecule has 6 nitrogen and oxygen atoms in total. The number of alkyl halides is 3. The number of pyridine rings is 1. The van der Waals surface area contributed by atoms with Crippen molar-refractivity contribution in [1.82, 2.24) is 4.98 Å². The summed E-state index contributed by atoms with van der Waals surface area (Å²) in [6.45, 7) is 1.52. The number of thiophene rings is 1. The molecule has 0 saturated heterocycles. The molecule has 0 radical (unpaired) electrons. The second-order valence-electron chi connectivity index (χ2n) is 5.48. The van der Waals surface area contributed by atoms with Crippen LogP contribution in [0.2, 0.25) is 0 Å². The molecule has 27 heavy (non-hydrogen) atoms. The van der Waals surface area contributed by atoms with E-state index in [0.29, 0.717) is 10.9 Å². The van der Waals surface area contributed by atoms with Gasteiger partial charge in [0.15, 0.2) is 0 Å². The molecule has 1 N–H and O–H groups in total. The van der Waals surface area contributed by atoms with Crippen molar-refractivity contribution in [2.24, 2.45) is 0 Å². The maximum absolute atomic E-state index is 13.8. The summed E-state index contributed by atoms with van der Waals surface area (Å²) in [5.74, 6) is -1.69. The molecule has 1 amide bonds. The number of non-ortho nitro benzene ring substituents is 1. The highest BCUT2D eigenvalue weighted by molar-refractivity contribution is 7.20. The fourth-order valence-corrected chi connectivity index (χ4v) is 3.45. The van der Waals surface area contributed by atoms with Crippen molar-refractivity contribution in [3.63, 3.8) is 0 Å². The van der Waals surface area contributed by atoms with E-state index in [1.54, 1.807) is 0 Å². The Labute approximate surface area is 152 Å². The zero-order chi connectivity index (χ0) is 19.9. The molecule has 0 aliphatic heterocycles. The molecule has 1 aromatic carbocycles. The minimum absolute atomic E-state index is 0.00647. The van der Waals surface area contributed by atoms with Gasteiger partial charge < -0.3 is 5.32 Å². The lowest BCUT2D eigenvalue weighted by Crippen LogP contribution is -2.12. The van der Waals surface area contributed by atoms with E-state index in [4.69, 9.17) is 0 Å². The van der Waals surface area contributed by atoms with Crippen LogP contribution in [0.5, 0.6) is 0 Å². The summed E-state index contributed by atoms with van der Waals surface area (Å²) in [5, 5.41) is 13.3. The van der Waals surface area contributed by atoms with Crippen LogP contribution in [-0.2, 0) is 6.18 Å². The molecule has 0 atom stereocenters. The first-order valence-corrected chi connectivity index (χ1v) is 8.12. The third-order valence-corrected chi connectivity index (χ3v) is 4.91. The highest BCUT2D eigenvalue weighted by Gasteiger charge is 2.33. The van der Waals surface area contributed by atoms with Crippen molar-refractivity contribution in [2.45, 2.75) is 13.1 Å². The number of nitrogens with zero attached hydrogens (tertiary/aromatic N) is 2. The Kier molecular flexibility index (Phi) is 4.56. The van der Waals surface area contributed by atoms with E-state index >= 15 is 0 Å². The van der Waals surface area contributed by atoms with Crippen molar-refractivity contribution >= 4 is 38.8 Å². The van der Waals surface area contributed by atoms with Gasteiger partial charge in [0.05, 0.1) is 15.5 Å². The third-order valence-electron chi connectivity index (χ3n) is 3.71. The quantitative estimate of drug-likeness (QED) is 0.385. The highest BCUT2D eigenvalue weighted by atomic mass is 32.1. The predicted octanol–water partition coefficient (Wildman–Crippen LogP) is 4.92. The largest absolute Gasteiger partial charge is 0.433 e. The maximum Gasteiger partial charge on any atom is 0.433 e. The summed E-state index contributed by atoms with van der Waals surface area (Å²) in [6, 6.07) is 4.66. The van der Waals surface area contributed by atoms with Gasteiger partial charge in [-0.15, -0.1) is 11.3 Å². The van der Waals surface area contributed by atoms with Crippen LogP contribution < -0.4 is 5.32 Å². The number of hydrogen-bond donors (Lipinski definition) is 1. The second kappa shape index (κ2) is 6.58. The van der Waals surface area contributed by atoms with Gasteiger partial charge >= 0.3 is 6.18 Å². The molecule has 0 aliphatic rings. The SMILES string of the molecule is Cc1c(C(=O)Nc2cc([N+](=O)[O-])ccc2F)sc2nc(C(F)(F)F)ccc12. The molecule has 2 heterocycles. The number of aryl methyl sites for hydroxylation is 1. The van der Waals surface area contributed by atoms with Crippen LogP contribution in [0.3, 0.4) is 0 Å². The fraction of sp³-hybridized carbons (Fsp3) is 0.125. The highest BCUT2D eigenvalue weighted by Crippen LogP contribution is 2.34. The van der Waals surface area contributed by atoms with Crippen LogP contribution in [0.25, 0.3) is 10.2 Å². The smallest absolute Gasteiger partial charge is 0.319 e. The van der Waals surface area contributed by atoms with E-state index in [0.717, 1.165) is 35.6 Å². The Bertz CT molecular complexity index is 1080. The Morgan fingerprint density at radius 3 is 2.59 bits per heavy atom. The number of aromatic nitrogens is 1. The van der Waals surface area contributed by atoms with E-state index in [-0.39, 0.29) is 9.71 Å². The molecule has 0 bridgehead atoms. The Morgan fingerprint density at radius 2 is 1.96 bits per heavy atom. The van der Waals surface area contributed by atoms with E-state index in [9.17, 15) is 32.5 Å². The number of nitro benzene ring substituents is 1. The first-order chi connectivity index (χ1) is 12.6. The van der Waals surface area contributed by atoms with E-state index in [2.05, 4.69) is 10.3 Å². The second-order valence-corrected chi connectivity index (χ2v) is 6.48. The number of carbonyl (C=O) groups is 1. The minimum Gasteiger partial charge on any atom is -0.319 e. The minimum atomic E-state index is -4.62. The number of hydrogen-bond acceptors (Lipinski definition) is 5.